The maximum absolute atomic E-state index is 12.3. The first-order chi connectivity index (χ1) is 9.00. The van der Waals surface area contributed by atoms with Crippen molar-refractivity contribution in [1.82, 2.24) is 0 Å². The highest BCUT2D eigenvalue weighted by molar-refractivity contribution is 6.42. The van der Waals surface area contributed by atoms with Crippen molar-refractivity contribution in [3.05, 3.63) is 68.2 Å². The second-order valence-corrected chi connectivity index (χ2v) is 5.42. The Hall–Kier alpha value is -1.02. The Kier molecular flexibility index (Phi) is 4.51. The number of carbonyl (C=O) groups excluding carboxylic acids is 1. The van der Waals surface area contributed by atoms with E-state index in [2.05, 4.69) is 0 Å². The number of benzene rings is 2. The fourth-order valence-corrected chi connectivity index (χ4v) is 2.42. The third-order valence-corrected chi connectivity index (χ3v) is 4.22. The fraction of sp³-hybridized carbons (Fsp3) is 0.133. The monoisotopic (exact) mass is 312 g/mol. The van der Waals surface area contributed by atoms with Crippen molar-refractivity contribution in [1.29, 1.82) is 0 Å². The summed E-state index contributed by atoms with van der Waals surface area (Å²) >= 11 is 18.0. The molecule has 0 radical (unpaired) electrons. The van der Waals surface area contributed by atoms with Gasteiger partial charge in [-0.25, -0.2) is 0 Å². The van der Waals surface area contributed by atoms with Crippen LogP contribution in [-0.2, 0) is 6.42 Å². The van der Waals surface area contributed by atoms with E-state index in [1.165, 1.54) is 0 Å². The fourth-order valence-electron chi connectivity index (χ4n) is 1.86. The van der Waals surface area contributed by atoms with Crippen LogP contribution in [0.15, 0.2) is 36.4 Å². The minimum atomic E-state index is -0.0239. The summed E-state index contributed by atoms with van der Waals surface area (Å²) < 4.78 is 0. The van der Waals surface area contributed by atoms with Crippen LogP contribution in [0.1, 0.15) is 21.5 Å². The third kappa shape index (κ3) is 3.11. The number of ketones is 1. The molecule has 0 aliphatic carbocycles. The van der Waals surface area contributed by atoms with E-state index in [1.807, 2.05) is 6.92 Å². The topological polar surface area (TPSA) is 17.1 Å². The van der Waals surface area contributed by atoms with Gasteiger partial charge in [0, 0.05) is 17.0 Å². The second-order valence-electron chi connectivity index (χ2n) is 4.23. The highest BCUT2D eigenvalue weighted by Gasteiger charge is 2.14. The lowest BCUT2D eigenvalue weighted by atomic mass is 9.99. The van der Waals surface area contributed by atoms with Gasteiger partial charge in [-0.15, -0.1) is 0 Å². The molecular weight excluding hydrogens is 303 g/mol. The average Bonchev–Trinajstić information content (AvgIpc) is 2.38. The average molecular weight is 314 g/mol. The molecule has 0 heterocycles. The van der Waals surface area contributed by atoms with E-state index in [-0.39, 0.29) is 12.2 Å². The molecule has 0 spiro atoms. The first-order valence-corrected chi connectivity index (χ1v) is 6.85. The predicted molar refractivity (Wildman–Crippen MR) is 80.7 cm³/mol. The Morgan fingerprint density at radius 3 is 2.37 bits per heavy atom. The Labute approximate surface area is 127 Å². The van der Waals surface area contributed by atoms with E-state index in [0.717, 1.165) is 11.1 Å². The molecular formula is C15H11Cl3O. The number of hydrogen-bond acceptors (Lipinski definition) is 1. The lowest BCUT2D eigenvalue weighted by Gasteiger charge is -2.08. The molecule has 2 aromatic rings. The minimum absolute atomic E-state index is 0.0239. The molecule has 0 fully saturated rings. The zero-order valence-electron chi connectivity index (χ0n) is 10.2. The lowest BCUT2D eigenvalue weighted by molar-refractivity contribution is 0.0992. The van der Waals surface area contributed by atoms with Gasteiger partial charge in [-0.3, -0.25) is 4.79 Å². The largest absolute Gasteiger partial charge is 0.294 e. The molecule has 98 valence electrons. The quantitative estimate of drug-likeness (QED) is 0.695. The molecule has 2 aromatic carbocycles. The predicted octanol–water partition coefficient (Wildman–Crippen LogP) is 5.38. The Bertz CT molecular complexity index is 635. The van der Waals surface area contributed by atoms with E-state index >= 15 is 0 Å². The summed E-state index contributed by atoms with van der Waals surface area (Å²) in [5, 5.41) is 1.47. The summed E-state index contributed by atoms with van der Waals surface area (Å²) in [6, 6.07) is 10.6. The molecule has 0 saturated carbocycles. The highest BCUT2D eigenvalue weighted by atomic mass is 35.5. The molecule has 0 aliphatic rings. The molecule has 0 aromatic heterocycles. The molecule has 0 saturated heterocycles. The summed E-state index contributed by atoms with van der Waals surface area (Å²) in [4.78, 5) is 12.3. The Morgan fingerprint density at radius 2 is 1.63 bits per heavy atom. The molecule has 1 nitrogen and oxygen atoms in total. The summed E-state index contributed by atoms with van der Waals surface area (Å²) in [5.41, 5.74) is 2.12. The van der Waals surface area contributed by atoms with E-state index in [1.54, 1.807) is 36.4 Å². The van der Waals surface area contributed by atoms with E-state index in [4.69, 9.17) is 34.8 Å². The molecule has 0 aliphatic heterocycles. The number of rotatable bonds is 3. The number of hydrogen-bond donors (Lipinski definition) is 0. The standard InChI is InChI=1S/C15H11Cl3O/c1-9-11(5-3-6-12(9)16)14(19)8-10-4-2-7-13(17)15(10)18/h2-7H,8H2,1H3. The van der Waals surface area contributed by atoms with Crippen LogP contribution in [0.3, 0.4) is 0 Å². The zero-order chi connectivity index (χ0) is 14.0. The molecule has 2 rings (SSSR count). The van der Waals surface area contributed by atoms with Crippen LogP contribution in [0.5, 0.6) is 0 Å². The molecule has 0 amide bonds. The third-order valence-electron chi connectivity index (χ3n) is 2.95. The molecule has 0 atom stereocenters. The zero-order valence-corrected chi connectivity index (χ0v) is 12.5. The van der Waals surface area contributed by atoms with Crippen LogP contribution >= 0.6 is 34.8 Å². The van der Waals surface area contributed by atoms with Gasteiger partial charge in [0.1, 0.15) is 0 Å². The molecule has 0 bridgehead atoms. The molecule has 0 unspecified atom stereocenters. The van der Waals surface area contributed by atoms with Gasteiger partial charge in [0.2, 0.25) is 0 Å². The van der Waals surface area contributed by atoms with Gasteiger partial charge in [-0.2, -0.15) is 0 Å². The van der Waals surface area contributed by atoms with Gasteiger partial charge in [0.15, 0.2) is 5.78 Å². The number of halogens is 3. The van der Waals surface area contributed by atoms with E-state index < -0.39 is 0 Å². The first kappa shape index (κ1) is 14.4. The van der Waals surface area contributed by atoms with Crippen LogP contribution in [0, 0.1) is 6.92 Å². The van der Waals surface area contributed by atoms with Crippen LogP contribution < -0.4 is 0 Å². The van der Waals surface area contributed by atoms with Gasteiger partial charge in [0.25, 0.3) is 0 Å². The van der Waals surface area contributed by atoms with Gasteiger partial charge in [-0.05, 0) is 30.2 Å². The van der Waals surface area contributed by atoms with E-state index in [0.29, 0.717) is 20.6 Å². The summed E-state index contributed by atoms with van der Waals surface area (Å²) in [6.45, 7) is 1.83. The Morgan fingerprint density at radius 1 is 1.00 bits per heavy atom. The van der Waals surface area contributed by atoms with E-state index in [9.17, 15) is 4.79 Å². The van der Waals surface area contributed by atoms with Gasteiger partial charge in [0.05, 0.1) is 10.0 Å². The van der Waals surface area contributed by atoms with Crippen molar-refractivity contribution in [2.45, 2.75) is 13.3 Å². The lowest BCUT2D eigenvalue weighted by Crippen LogP contribution is -2.06. The number of Topliss-reactive ketones (excluding diaryl/α,β-unsaturated/α-hetero) is 1. The first-order valence-electron chi connectivity index (χ1n) is 5.72. The van der Waals surface area contributed by atoms with Crippen molar-refractivity contribution >= 4 is 40.6 Å². The molecule has 19 heavy (non-hydrogen) atoms. The van der Waals surface area contributed by atoms with Crippen LogP contribution in [0.25, 0.3) is 0 Å². The summed E-state index contributed by atoms with van der Waals surface area (Å²) in [7, 11) is 0. The van der Waals surface area contributed by atoms with Gasteiger partial charge < -0.3 is 0 Å². The number of carbonyl (C=O) groups is 1. The van der Waals surface area contributed by atoms with Crippen LogP contribution in [-0.4, -0.2) is 5.78 Å². The molecule has 4 heteroatoms. The van der Waals surface area contributed by atoms with Crippen molar-refractivity contribution in [3.8, 4) is 0 Å². The van der Waals surface area contributed by atoms with Gasteiger partial charge >= 0.3 is 0 Å². The van der Waals surface area contributed by atoms with Gasteiger partial charge in [-0.1, -0.05) is 59.1 Å². The Balaban J connectivity index is 2.31. The van der Waals surface area contributed by atoms with Crippen LogP contribution in [0.2, 0.25) is 15.1 Å². The molecule has 0 N–H and O–H groups in total. The summed E-state index contributed by atoms with van der Waals surface area (Å²) in [6.07, 6.45) is 0.209. The van der Waals surface area contributed by atoms with Crippen molar-refractivity contribution in [2.75, 3.05) is 0 Å². The van der Waals surface area contributed by atoms with Crippen molar-refractivity contribution in [3.63, 3.8) is 0 Å². The maximum atomic E-state index is 12.3. The smallest absolute Gasteiger partial charge is 0.167 e. The maximum Gasteiger partial charge on any atom is 0.167 e. The van der Waals surface area contributed by atoms with Crippen molar-refractivity contribution in [2.24, 2.45) is 0 Å². The highest BCUT2D eigenvalue weighted by Crippen LogP contribution is 2.27. The summed E-state index contributed by atoms with van der Waals surface area (Å²) in [5.74, 6) is -0.0239. The minimum Gasteiger partial charge on any atom is -0.294 e. The normalized spacial score (nSPS) is 10.5. The van der Waals surface area contributed by atoms with Crippen molar-refractivity contribution < 1.29 is 4.79 Å². The SMILES string of the molecule is Cc1c(Cl)cccc1C(=O)Cc1cccc(Cl)c1Cl. The van der Waals surface area contributed by atoms with Crippen LogP contribution in [0.4, 0.5) is 0 Å². The second kappa shape index (κ2) is 5.96.